The van der Waals surface area contributed by atoms with Crippen LogP contribution in [0.3, 0.4) is 0 Å². The van der Waals surface area contributed by atoms with Gasteiger partial charge in [-0.3, -0.25) is 4.90 Å². The quantitative estimate of drug-likeness (QED) is 0.826. The maximum Gasteiger partial charge on any atom is 0.409 e. The van der Waals surface area contributed by atoms with E-state index in [4.69, 9.17) is 32.7 Å². The average Bonchev–Trinajstić information content (AvgIpc) is 2.55. The first-order valence-electron chi connectivity index (χ1n) is 7.89. The predicted octanol–water partition coefficient (Wildman–Crippen LogP) is 2.51. The van der Waals surface area contributed by atoms with Crippen molar-refractivity contribution in [2.45, 2.75) is 13.0 Å². The van der Waals surface area contributed by atoms with Gasteiger partial charge in [-0.1, -0.05) is 23.2 Å². The molecule has 0 saturated carbocycles. The molecule has 6 nitrogen and oxygen atoms in total. The Labute approximate surface area is 151 Å². The zero-order chi connectivity index (χ0) is 17.5. The molecule has 1 unspecified atom stereocenters. The molecule has 0 aliphatic carbocycles. The first kappa shape index (κ1) is 19.1. The highest BCUT2D eigenvalue weighted by atomic mass is 35.5. The lowest BCUT2D eigenvalue weighted by molar-refractivity contribution is 0.0408. The Hall–Kier alpha value is -1.21. The van der Waals surface area contributed by atoms with E-state index in [0.717, 1.165) is 0 Å². The lowest BCUT2D eigenvalue weighted by Gasteiger charge is -2.34. The van der Waals surface area contributed by atoms with E-state index in [1.165, 1.54) is 0 Å². The number of amides is 1. The van der Waals surface area contributed by atoms with Gasteiger partial charge < -0.3 is 19.5 Å². The van der Waals surface area contributed by atoms with Crippen LogP contribution < -0.4 is 4.74 Å². The molecule has 134 valence electrons. The fourth-order valence-electron chi connectivity index (χ4n) is 2.46. The number of benzene rings is 1. The summed E-state index contributed by atoms with van der Waals surface area (Å²) in [6.07, 6.45) is -0.927. The number of aliphatic hydroxyl groups is 1. The van der Waals surface area contributed by atoms with E-state index in [2.05, 4.69) is 4.90 Å². The van der Waals surface area contributed by atoms with Crippen LogP contribution in [0.5, 0.6) is 5.75 Å². The molecule has 2 rings (SSSR count). The maximum absolute atomic E-state index is 11.6. The van der Waals surface area contributed by atoms with Crippen LogP contribution in [0.25, 0.3) is 0 Å². The Morgan fingerprint density at radius 1 is 1.29 bits per heavy atom. The van der Waals surface area contributed by atoms with Crippen molar-refractivity contribution in [1.82, 2.24) is 9.80 Å². The van der Waals surface area contributed by atoms with E-state index in [1.807, 2.05) is 0 Å². The second-order valence-electron chi connectivity index (χ2n) is 5.53. The monoisotopic (exact) mass is 376 g/mol. The van der Waals surface area contributed by atoms with Gasteiger partial charge in [-0.25, -0.2) is 4.79 Å². The van der Waals surface area contributed by atoms with E-state index in [9.17, 15) is 9.90 Å². The maximum atomic E-state index is 11.6. The van der Waals surface area contributed by atoms with Crippen molar-refractivity contribution in [3.05, 3.63) is 28.2 Å². The van der Waals surface area contributed by atoms with Gasteiger partial charge in [-0.05, 0) is 25.1 Å². The first-order valence-corrected chi connectivity index (χ1v) is 8.65. The molecule has 1 aromatic rings. The normalized spacial score (nSPS) is 16.8. The van der Waals surface area contributed by atoms with Gasteiger partial charge in [-0.2, -0.15) is 0 Å². The van der Waals surface area contributed by atoms with Crippen molar-refractivity contribution in [3.63, 3.8) is 0 Å². The number of rotatable bonds is 6. The van der Waals surface area contributed by atoms with Crippen molar-refractivity contribution in [2.24, 2.45) is 0 Å². The van der Waals surface area contributed by atoms with Crippen molar-refractivity contribution in [2.75, 3.05) is 45.9 Å². The molecule has 1 aromatic carbocycles. The van der Waals surface area contributed by atoms with Crippen LogP contribution in [0.2, 0.25) is 10.0 Å². The average molecular weight is 377 g/mol. The standard InChI is InChI=1S/C16H22Cl2N2O4/c1-2-23-16(22)20-7-5-19(6-8-20)10-13(21)11-24-15-4-3-12(17)9-14(15)18/h3-4,9,13,21H,2,5-8,10-11H2,1H3. The fraction of sp³-hybridized carbons (Fsp3) is 0.562. The number of halogens is 2. The van der Waals surface area contributed by atoms with E-state index in [0.29, 0.717) is 55.1 Å². The molecule has 1 heterocycles. The van der Waals surface area contributed by atoms with E-state index in [1.54, 1.807) is 30.0 Å². The lowest BCUT2D eigenvalue weighted by Crippen LogP contribution is -2.51. The van der Waals surface area contributed by atoms with Gasteiger partial charge in [0.15, 0.2) is 0 Å². The van der Waals surface area contributed by atoms with Gasteiger partial charge >= 0.3 is 6.09 Å². The molecular weight excluding hydrogens is 355 g/mol. The Balaban J connectivity index is 1.71. The van der Waals surface area contributed by atoms with Crippen LogP contribution >= 0.6 is 23.2 Å². The minimum Gasteiger partial charge on any atom is -0.489 e. The highest BCUT2D eigenvalue weighted by Gasteiger charge is 2.23. The summed E-state index contributed by atoms with van der Waals surface area (Å²) in [7, 11) is 0. The van der Waals surface area contributed by atoms with Crippen LogP contribution in [-0.2, 0) is 4.74 Å². The molecule has 1 amide bonds. The van der Waals surface area contributed by atoms with Crippen LogP contribution in [0.4, 0.5) is 4.79 Å². The Morgan fingerprint density at radius 3 is 2.62 bits per heavy atom. The summed E-state index contributed by atoms with van der Waals surface area (Å²) in [6, 6.07) is 4.96. The molecule has 8 heteroatoms. The summed E-state index contributed by atoms with van der Waals surface area (Å²) in [5.41, 5.74) is 0. The molecule has 0 radical (unpaired) electrons. The Kier molecular flexibility index (Phi) is 7.42. The predicted molar refractivity (Wildman–Crippen MR) is 93.0 cm³/mol. The number of aliphatic hydroxyl groups excluding tert-OH is 1. The van der Waals surface area contributed by atoms with E-state index in [-0.39, 0.29) is 12.7 Å². The van der Waals surface area contributed by atoms with Gasteiger partial charge in [-0.15, -0.1) is 0 Å². The molecule has 1 fully saturated rings. The third-order valence-corrected chi connectivity index (χ3v) is 4.22. The minimum absolute atomic E-state index is 0.138. The van der Waals surface area contributed by atoms with Crippen molar-refractivity contribution >= 4 is 29.3 Å². The van der Waals surface area contributed by atoms with Crippen molar-refractivity contribution in [3.8, 4) is 5.75 Å². The molecule has 0 spiro atoms. The van der Waals surface area contributed by atoms with Gasteiger partial charge in [0.25, 0.3) is 0 Å². The third-order valence-electron chi connectivity index (χ3n) is 3.69. The fourth-order valence-corrected chi connectivity index (χ4v) is 2.92. The van der Waals surface area contributed by atoms with Gasteiger partial charge in [0.1, 0.15) is 18.5 Å². The minimum atomic E-state index is -0.647. The SMILES string of the molecule is CCOC(=O)N1CCN(CC(O)COc2ccc(Cl)cc2Cl)CC1. The summed E-state index contributed by atoms with van der Waals surface area (Å²) in [5.74, 6) is 0.493. The zero-order valence-corrected chi connectivity index (χ0v) is 15.1. The number of carbonyl (C=O) groups excluding carboxylic acids is 1. The summed E-state index contributed by atoms with van der Waals surface area (Å²) < 4.78 is 10.5. The van der Waals surface area contributed by atoms with Gasteiger partial charge in [0.2, 0.25) is 0 Å². The van der Waals surface area contributed by atoms with Crippen LogP contribution in [-0.4, -0.2) is 73.0 Å². The molecule has 1 saturated heterocycles. The molecule has 1 atom stereocenters. The number of hydrogen-bond acceptors (Lipinski definition) is 5. The summed E-state index contributed by atoms with van der Waals surface area (Å²) in [5, 5.41) is 11.1. The smallest absolute Gasteiger partial charge is 0.409 e. The number of carbonyl (C=O) groups is 1. The van der Waals surface area contributed by atoms with Crippen LogP contribution in [0.15, 0.2) is 18.2 Å². The molecule has 24 heavy (non-hydrogen) atoms. The molecule has 0 aromatic heterocycles. The summed E-state index contributed by atoms with van der Waals surface area (Å²) >= 11 is 11.9. The zero-order valence-electron chi connectivity index (χ0n) is 13.6. The number of piperazine rings is 1. The summed E-state index contributed by atoms with van der Waals surface area (Å²) in [6.45, 7) is 5.35. The number of hydrogen-bond donors (Lipinski definition) is 1. The summed E-state index contributed by atoms with van der Waals surface area (Å²) in [4.78, 5) is 15.4. The molecule has 1 N–H and O–H groups in total. The van der Waals surface area contributed by atoms with Crippen molar-refractivity contribution < 1.29 is 19.4 Å². The number of ether oxygens (including phenoxy) is 2. The highest BCUT2D eigenvalue weighted by Crippen LogP contribution is 2.27. The Morgan fingerprint density at radius 2 is 2.00 bits per heavy atom. The molecule has 1 aliphatic heterocycles. The molecule has 0 bridgehead atoms. The van der Waals surface area contributed by atoms with Gasteiger partial charge in [0.05, 0.1) is 11.6 Å². The van der Waals surface area contributed by atoms with Crippen molar-refractivity contribution in [1.29, 1.82) is 0 Å². The second-order valence-corrected chi connectivity index (χ2v) is 6.37. The van der Waals surface area contributed by atoms with E-state index >= 15 is 0 Å². The molecular formula is C16H22Cl2N2O4. The first-order chi connectivity index (χ1) is 11.5. The highest BCUT2D eigenvalue weighted by molar-refractivity contribution is 6.35. The topological polar surface area (TPSA) is 62.2 Å². The lowest BCUT2D eigenvalue weighted by atomic mass is 10.2. The molecule has 1 aliphatic rings. The van der Waals surface area contributed by atoms with E-state index < -0.39 is 6.10 Å². The number of nitrogens with zero attached hydrogens (tertiary/aromatic N) is 2. The van der Waals surface area contributed by atoms with Crippen LogP contribution in [0, 0.1) is 0 Å². The number of β-amino-alcohol motifs (C(OH)–C–C–N with tert-alkyl or cyclic N) is 1. The largest absolute Gasteiger partial charge is 0.489 e. The third kappa shape index (κ3) is 5.70. The second kappa shape index (κ2) is 9.32. The van der Waals surface area contributed by atoms with Crippen LogP contribution in [0.1, 0.15) is 6.92 Å². The Bertz CT molecular complexity index is 551. The van der Waals surface area contributed by atoms with Gasteiger partial charge in [0, 0.05) is 37.7 Å².